The Labute approximate surface area is 167 Å². The van der Waals surface area contributed by atoms with Crippen molar-refractivity contribution < 1.29 is 9.53 Å². The van der Waals surface area contributed by atoms with Crippen LogP contribution in [0.2, 0.25) is 0 Å². The first-order valence-electron chi connectivity index (χ1n) is 8.91. The highest BCUT2D eigenvalue weighted by atomic mass is 32.1. The lowest BCUT2D eigenvalue weighted by Crippen LogP contribution is -2.11. The molecule has 0 unspecified atom stereocenters. The van der Waals surface area contributed by atoms with E-state index in [1.165, 1.54) is 16.9 Å². The quantitative estimate of drug-likeness (QED) is 0.513. The Bertz CT molecular complexity index is 1130. The molecule has 0 saturated carbocycles. The van der Waals surface area contributed by atoms with E-state index >= 15 is 0 Å². The lowest BCUT2D eigenvalue weighted by molar-refractivity contribution is 0.103. The third-order valence-corrected chi connectivity index (χ3v) is 5.45. The molecule has 0 radical (unpaired) electrons. The van der Waals surface area contributed by atoms with Gasteiger partial charge in [-0.25, -0.2) is 4.98 Å². The standard InChI is InChI=1S/C22H19N3O2S/c1-14-8-10-16(11-9-14)27-13-20-24-15(2)21(28-20)22(26)25-19-7-3-6-18-17(19)5-4-12-23-18/h3-12H,13H2,1-2H3,(H,25,26). The fourth-order valence-electron chi connectivity index (χ4n) is 2.90. The number of amides is 1. The van der Waals surface area contributed by atoms with Crippen LogP contribution in [-0.4, -0.2) is 15.9 Å². The van der Waals surface area contributed by atoms with Crippen molar-refractivity contribution in [2.75, 3.05) is 5.32 Å². The summed E-state index contributed by atoms with van der Waals surface area (Å²) in [5.41, 5.74) is 3.46. The molecule has 0 spiro atoms. The number of pyridine rings is 1. The number of rotatable bonds is 5. The number of aryl methyl sites for hydroxylation is 2. The summed E-state index contributed by atoms with van der Waals surface area (Å²) in [4.78, 5) is 22.2. The molecule has 4 aromatic rings. The zero-order chi connectivity index (χ0) is 19.5. The van der Waals surface area contributed by atoms with E-state index in [2.05, 4.69) is 15.3 Å². The Balaban J connectivity index is 1.49. The summed E-state index contributed by atoms with van der Waals surface area (Å²) < 4.78 is 5.78. The molecule has 0 fully saturated rings. The van der Waals surface area contributed by atoms with E-state index in [0.29, 0.717) is 17.2 Å². The maximum absolute atomic E-state index is 12.8. The Morgan fingerprint density at radius 3 is 2.71 bits per heavy atom. The third-order valence-electron chi connectivity index (χ3n) is 4.32. The van der Waals surface area contributed by atoms with Gasteiger partial charge in [-0.1, -0.05) is 23.8 Å². The molecular formula is C22H19N3O2S. The van der Waals surface area contributed by atoms with Crippen molar-refractivity contribution in [1.29, 1.82) is 0 Å². The van der Waals surface area contributed by atoms with E-state index in [0.717, 1.165) is 27.3 Å². The number of benzene rings is 2. The second-order valence-electron chi connectivity index (χ2n) is 6.45. The van der Waals surface area contributed by atoms with E-state index < -0.39 is 0 Å². The second kappa shape index (κ2) is 7.78. The number of nitrogens with zero attached hydrogens (tertiary/aromatic N) is 2. The Hall–Kier alpha value is -3.25. The van der Waals surface area contributed by atoms with E-state index in [1.54, 1.807) is 6.20 Å². The van der Waals surface area contributed by atoms with E-state index in [1.807, 2.05) is 68.4 Å². The number of aromatic nitrogens is 2. The van der Waals surface area contributed by atoms with Crippen LogP contribution < -0.4 is 10.1 Å². The highest BCUT2D eigenvalue weighted by Crippen LogP contribution is 2.25. The molecule has 2 aromatic carbocycles. The van der Waals surface area contributed by atoms with Gasteiger partial charge in [-0.3, -0.25) is 9.78 Å². The molecule has 0 saturated heterocycles. The fraction of sp³-hybridized carbons (Fsp3) is 0.136. The molecule has 0 atom stereocenters. The van der Waals surface area contributed by atoms with Crippen molar-refractivity contribution in [3.63, 3.8) is 0 Å². The molecule has 140 valence electrons. The van der Waals surface area contributed by atoms with Crippen LogP contribution >= 0.6 is 11.3 Å². The summed E-state index contributed by atoms with van der Waals surface area (Å²) in [6.45, 7) is 4.20. The first kappa shape index (κ1) is 18.1. The molecule has 0 bridgehead atoms. The highest BCUT2D eigenvalue weighted by Gasteiger charge is 2.17. The molecule has 4 rings (SSSR count). The maximum Gasteiger partial charge on any atom is 0.267 e. The van der Waals surface area contributed by atoms with Gasteiger partial charge in [-0.15, -0.1) is 11.3 Å². The average Bonchev–Trinajstić information content (AvgIpc) is 3.08. The molecule has 5 nitrogen and oxygen atoms in total. The molecule has 0 aliphatic rings. The van der Waals surface area contributed by atoms with Gasteiger partial charge in [0, 0.05) is 11.6 Å². The lowest BCUT2D eigenvalue weighted by atomic mass is 10.2. The van der Waals surface area contributed by atoms with Crippen molar-refractivity contribution in [1.82, 2.24) is 9.97 Å². The summed E-state index contributed by atoms with van der Waals surface area (Å²) in [5.74, 6) is 0.612. The van der Waals surface area contributed by atoms with Crippen molar-refractivity contribution in [3.8, 4) is 5.75 Å². The number of ether oxygens (including phenoxy) is 1. The van der Waals surface area contributed by atoms with Crippen molar-refractivity contribution >= 4 is 33.8 Å². The number of hydrogen-bond acceptors (Lipinski definition) is 5. The minimum absolute atomic E-state index is 0.173. The molecule has 0 aliphatic carbocycles. The van der Waals surface area contributed by atoms with Crippen LogP contribution in [0.1, 0.15) is 25.9 Å². The highest BCUT2D eigenvalue weighted by molar-refractivity contribution is 7.13. The minimum Gasteiger partial charge on any atom is -0.486 e. The number of fused-ring (bicyclic) bond motifs is 1. The predicted octanol–water partition coefficient (Wildman–Crippen LogP) is 5.14. The predicted molar refractivity (Wildman–Crippen MR) is 112 cm³/mol. The number of carbonyl (C=O) groups is 1. The van der Waals surface area contributed by atoms with E-state index in [9.17, 15) is 4.79 Å². The van der Waals surface area contributed by atoms with Gasteiger partial charge < -0.3 is 10.1 Å². The molecule has 2 aromatic heterocycles. The maximum atomic E-state index is 12.8. The van der Waals surface area contributed by atoms with Gasteiger partial charge in [-0.05, 0) is 50.2 Å². The summed E-state index contributed by atoms with van der Waals surface area (Å²) in [6, 6.07) is 17.3. The van der Waals surface area contributed by atoms with Crippen LogP contribution in [0.5, 0.6) is 5.75 Å². The Kier molecular flexibility index (Phi) is 5.04. The van der Waals surface area contributed by atoms with Gasteiger partial charge in [0.05, 0.1) is 16.9 Å². The van der Waals surface area contributed by atoms with Gasteiger partial charge in [0.15, 0.2) is 0 Å². The van der Waals surface area contributed by atoms with Crippen molar-refractivity contribution in [2.24, 2.45) is 0 Å². The van der Waals surface area contributed by atoms with Crippen molar-refractivity contribution in [3.05, 3.63) is 81.9 Å². The number of anilines is 1. The summed E-state index contributed by atoms with van der Waals surface area (Å²) in [5, 5.41) is 4.66. The molecule has 2 heterocycles. The van der Waals surface area contributed by atoms with Gasteiger partial charge in [0.25, 0.3) is 5.91 Å². The molecule has 0 aliphatic heterocycles. The van der Waals surface area contributed by atoms with Crippen LogP contribution in [0.25, 0.3) is 10.9 Å². The average molecular weight is 389 g/mol. The summed E-state index contributed by atoms with van der Waals surface area (Å²) >= 11 is 1.35. The summed E-state index contributed by atoms with van der Waals surface area (Å²) in [6.07, 6.45) is 1.74. The minimum atomic E-state index is -0.173. The third kappa shape index (κ3) is 3.87. The normalized spacial score (nSPS) is 10.8. The first-order chi connectivity index (χ1) is 13.6. The van der Waals surface area contributed by atoms with Crippen LogP contribution in [0.4, 0.5) is 5.69 Å². The monoisotopic (exact) mass is 389 g/mol. The Morgan fingerprint density at radius 2 is 1.89 bits per heavy atom. The zero-order valence-electron chi connectivity index (χ0n) is 15.6. The second-order valence-corrected chi connectivity index (χ2v) is 7.54. The van der Waals surface area contributed by atoms with Crippen molar-refractivity contribution in [2.45, 2.75) is 20.5 Å². The first-order valence-corrected chi connectivity index (χ1v) is 9.72. The van der Waals surface area contributed by atoms with Gasteiger partial charge in [0.2, 0.25) is 0 Å². The van der Waals surface area contributed by atoms with Gasteiger partial charge in [-0.2, -0.15) is 0 Å². The number of carbonyl (C=O) groups excluding carboxylic acids is 1. The van der Waals surface area contributed by atoms with Crippen LogP contribution in [0.15, 0.2) is 60.8 Å². The number of nitrogens with one attached hydrogen (secondary N) is 1. The fourth-order valence-corrected chi connectivity index (χ4v) is 3.77. The molecule has 6 heteroatoms. The van der Waals surface area contributed by atoms with Gasteiger partial charge >= 0.3 is 0 Å². The number of hydrogen-bond donors (Lipinski definition) is 1. The SMILES string of the molecule is Cc1ccc(OCc2nc(C)c(C(=O)Nc3cccc4ncccc34)s2)cc1. The lowest BCUT2D eigenvalue weighted by Gasteiger charge is -2.07. The molecule has 1 N–H and O–H groups in total. The largest absolute Gasteiger partial charge is 0.486 e. The van der Waals surface area contributed by atoms with E-state index in [4.69, 9.17) is 4.74 Å². The topological polar surface area (TPSA) is 64.1 Å². The van der Waals surface area contributed by atoms with Crippen LogP contribution in [0, 0.1) is 13.8 Å². The number of thiazole rings is 1. The molecular weight excluding hydrogens is 370 g/mol. The van der Waals surface area contributed by atoms with Crippen LogP contribution in [0.3, 0.4) is 0 Å². The smallest absolute Gasteiger partial charge is 0.267 e. The Morgan fingerprint density at radius 1 is 1.07 bits per heavy atom. The van der Waals surface area contributed by atoms with Crippen LogP contribution in [-0.2, 0) is 6.61 Å². The molecule has 1 amide bonds. The zero-order valence-corrected chi connectivity index (χ0v) is 16.4. The molecule has 28 heavy (non-hydrogen) atoms. The van der Waals surface area contributed by atoms with Gasteiger partial charge in [0.1, 0.15) is 22.2 Å². The summed E-state index contributed by atoms with van der Waals surface area (Å²) in [7, 11) is 0. The van der Waals surface area contributed by atoms with E-state index in [-0.39, 0.29) is 5.91 Å².